The number of nitrogens with two attached hydrogens (primary N) is 1. The Bertz CT molecular complexity index is 483. The maximum absolute atomic E-state index is 5.60. The molecule has 0 atom stereocenters. The summed E-state index contributed by atoms with van der Waals surface area (Å²) in [6.45, 7) is 2.68. The van der Waals surface area contributed by atoms with E-state index in [0.29, 0.717) is 6.54 Å². The molecule has 0 bridgehead atoms. The highest BCUT2D eigenvalue weighted by molar-refractivity contribution is 5.60. The maximum atomic E-state index is 5.60. The first kappa shape index (κ1) is 11.9. The van der Waals surface area contributed by atoms with Crippen LogP contribution in [0.3, 0.4) is 0 Å². The van der Waals surface area contributed by atoms with Crippen molar-refractivity contribution in [2.75, 3.05) is 0 Å². The molecule has 0 aliphatic heterocycles. The van der Waals surface area contributed by atoms with Crippen LogP contribution in [-0.4, -0.2) is 9.78 Å². The summed E-state index contributed by atoms with van der Waals surface area (Å²) in [5.41, 5.74) is 10.2. The van der Waals surface area contributed by atoms with Gasteiger partial charge in [-0.05, 0) is 23.6 Å². The fourth-order valence-corrected chi connectivity index (χ4v) is 2.03. The van der Waals surface area contributed by atoms with Crippen LogP contribution in [0, 0.1) is 0 Å². The van der Waals surface area contributed by atoms with Gasteiger partial charge in [0.15, 0.2) is 0 Å². The van der Waals surface area contributed by atoms with E-state index < -0.39 is 0 Å². The van der Waals surface area contributed by atoms with Crippen molar-refractivity contribution >= 4 is 0 Å². The Labute approximate surface area is 102 Å². The molecule has 0 aliphatic rings. The molecule has 90 valence electrons. The lowest BCUT2D eigenvalue weighted by Gasteiger charge is -2.03. The first-order chi connectivity index (χ1) is 8.24. The molecule has 3 heteroatoms. The Hall–Kier alpha value is -1.61. The van der Waals surface area contributed by atoms with Crippen LogP contribution in [0.5, 0.6) is 0 Å². The highest BCUT2D eigenvalue weighted by Crippen LogP contribution is 2.20. The van der Waals surface area contributed by atoms with Crippen molar-refractivity contribution in [2.24, 2.45) is 12.8 Å². The molecule has 1 heterocycles. The zero-order chi connectivity index (χ0) is 12.3. The normalized spacial score (nSPS) is 10.8. The quantitative estimate of drug-likeness (QED) is 0.875. The lowest BCUT2D eigenvalue weighted by Crippen LogP contribution is -1.98. The van der Waals surface area contributed by atoms with E-state index in [-0.39, 0.29) is 0 Å². The van der Waals surface area contributed by atoms with Crippen LogP contribution in [0.1, 0.15) is 24.6 Å². The number of rotatable bonds is 4. The lowest BCUT2D eigenvalue weighted by molar-refractivity contribution is 0.749. The summed E-state index contributed by atoms with van der Waals surface area (Å²) < 4.78 is 1.89. The molecule has 17 heavy (non-hydrogen) atoms. The number of hydrogen-bond acceptors (Lipinski definition) is 2. The third-order valence-electron chi connectivity index (χ3n) is 2.93. The Kier molecular flexibility index (Phi) is 3.59. The van der Waals surface area contributed by atoms with Gasteiger partial charge >= 0.3 is 0 Å². The third kappa shape index (κ3) is 2.56. The highest BCUT2D eigenvalue weighted by Gasteiger charge is 2.06. The SMILES string of the molecule is CCCc1ccc(-c2cc(CN)nn2C)cc1. The van der Waals surface area contributed by atoms with Gasteiger partial charge in [-0.1, -0.05) is 37.6 Å². The van der Waals surface area contributed by atoms with E-state index >= 15 is 0 Å². The zero-order valence-corrected chi connectivity index (χ0v) is 10.5. The van der Waals surface area contributed by atoms with Gasteiger partial charge < -0.3 is 5.73 Å². The summed E-state index contributed by atoms with van der Waals surface area (Å²) in [5, 5.41) is 4.36. The van der Waals surface area contributed by atoms with Gasteiger partial charge in [0.1, 0.15) is 0 Å². The maximum Gasteiger partial charge on any atom is 0.0766 e. The van der Waals surface area contributed by atoms with Gasteiger partial charge in [-0.2, -0.15) is 5.10 Å². The fourth-order valence-electron chi connectivity index (χ4n) is 2.03. The summed E-state index contributed by atoms with van der Waals surface area (Å²) in [6, 6.07) is 10.7. The summed E-state index contributed by atoms with van der Waals surface area (Å²) in [5.74, 6) is 0. The van der Waals surface area contributed by atoms with E-state index in [1.54, 1.807) is 0 Å². The van der Waals surface area contributed by atoms with Crippen molar-refractivity contribution in [1.29, 1.82) is 0 Å². The molecule has 0 radical (unpaired) electrons. The Morgan fingerprint density at radius 2 is 1.94 bits per heavy atom. The van der Waals surface area contributed by atoms with Crippen molar-refractivity contribution in [1.82, 2.24) is 9.78 Å². The van der Waals surface area contributed by atoms with E-state index in [4.69, 9.17) is 5.73 Å². The Morgan fingerprint density at radius 1 is 1.24 bits per heavy atom. The Morgan fingerprint density at radius 3 is 2.47 bits per heavy atom. The number of aromatic nitrogens is 2. The van der Waals surface area contributed by atoms with Crippen LogP contribution in [-0.2, 0) is 20.0 Å². The van der Waals surface area contributed by atoms with Crippen LogP contribution < -0.4 is 5.73 Å². The molecule has 0 fully saturated rings. The second kappa shape index (κ2) is 5.15. The number of aryl methyl sites for hydroxylation is 2. The minimum Gasteiger partial charge on any atom is -0.325 e. The van der Waals surface area contributed by atoms with Crippen molar-refractivity contribution in [3.63, 3.8) is 0 Å². The van der Waals surface area contributed by atoms with Gasteiger partial charge in [0.25, 0.3) is 0 Å². The van der Waals surface area contributed by atoms with Gasteiger partial charge in [-0.25, -0.2) is 0 Å². The number of nitrogens with zero attached hydrogens (tertiary/aromatic N) is 2. The number of benzene rings is 1. The predicted molar refractivity (Wildman–Crippen MR) is 70.5 cm³/mol. The van der Waals surface area contributed by atoms with Crippen LogP contribution in [0.2, 0.25) is 0 Å². The monoisotopic (exact) mass is 229 g/mol. The average Bonchev–Trinajstić information content (AvgIpc) is 2.72. The molecule has 2 rings (SSSR count). The average molecular weight is 229 g/mol. The first-order valence-corrected chi connectivity index (χ1v) is 6.07. The van der Waals surface area contributed by atoms with Gasteiger partial charge in [0.05, 0.1) is 11.4 Å². The van der Waals surface area contributed by atoms with Crippen molar-refractivity contribution in [2.45, 2.75) is 26.3 Å². The standard InChI is InChI=1S/C14H19N3/c1-3-4-11-5-7-12(8-6-11)14-9-13(10-15)16-17(14)2/h5-9H,3-4,10,15H2,1-2H3. The molecule has 0 saturated carbocycles. The Balaban J connectivity index is 2.29. The van der Waals surface area contributed by atoms with Crippen molar-refractivity contribution < 1.29 is 0 Å². The van der Waals surface area contributed by atoms with E-state index in [9.17, 15) is 0 Å². The topological polar surface area (TPSA) is 43.8 Å². The van der Waals surface area contributed by atoms with Gasteiger partial charge in [-0.3, -0.25) is 4.68 Å². The van der Waals surface area contributed by atoms with Gasteiger partial charge in [0.2, 0.25) is 0 Å². The van der Waals surface area contributed by atoms with E-state index in [1.807, 2.05) is 11.7 Å². The predicted octanol–water partition coefficient (Wildman–Crippen LogP) is 2.50. The van der Waals surface area contributed by atoms with Crippen LogP contribution in [0.25, 0.3) is 11.3 Å². The molecule has 2 N–H and O–H groups in total. The summed E-state index contributed by atoms with van der Waals surface area (Å²) in [4.78, 5) is 0. The molecule has 0 saturated heterocycles. The molecule has 0 unspecified atom stereocenters. The summed E-state index contributed by atoms with van der Waals surface area (Å²) in [7, 11) is 1.95. The number of hydrogen-bond donors (Lipinski definition) is 1. The van der Waals surface area contributed by atoms with Gasteiger partial charge in [0, 0.05) is 13.6 Å². The fraction of sp³-hybridized carbons (Fsp3) is 0.357. The lowest BCUT2D eigenvalue weighted by atomic mass is 10.1. The van der Waals surface area contributed by atoms with Gasteiger partial charge in [-0.15, -0.1) is 0 Å². The van der Waals surface area contributed by atoms with Crippen molar-refractivity contribution in [3.8, 4) is 11.3 Å². The van der Waals surface area contributed by atoms with E-state index in [2.05, 4.69) is 42.4 Å². The molecule has 0 amide bonds. The zero-order valence-electron chi connectivity index (χ0n) is 10.5. The molecule has 1 aromatic carbocycles. The molecule has 1 aromatic heterocycles. The molecule has 0 aliphatic carbocycles. The molecule has 3 nitrogen and oxygen atoms in total. The smallest absolute Gasteiger partial charge is 0.0766 e. The third-order valence-corrected chi connectivity index (χ3v) is 2.93. The minimum absolute atomic E-state index is 0.488. The van der Waals surface area contributed by atoms with Crippen molar-refractivity contribution in [3.05, 3.63) is 41.6 Å². The molecule has 0 spiro atoms. The van der Waals surface area contributed by atoms with Crippen LogP contribution >= 0.6 is 0 Å². The molecular formula is C14H19N3. The second-order valence-corrected chi connectivity index (χ2v) is 4.30. The largest absolute Gasteiger partial charge is 0.325 e. The first-order valence-electron chi connectivity index (χ1n) is 6.07. The molecular weight excluding hydrogens is 210 g/mol. The van der Waals surface area contributed by atoms with Crippen LogP contribution in [0.15, 0.2) is 30.3 Å². The summed E-state index contributed by atoms with van der Waals surface area (Å²) >= 11 is 0. The van der Waals surface area contributed by atoms with Crippen LogP contribution in [0.4, 0.5) is 0 Å². The van der Waals surface area contributed by atoms with E-state index in [0.717, 1.165) is 17.8 Å². The summed E-state index contributed by atoms with van der Waals surface area (Å²) in [6.07, 6.45) is 2.32. The second-order valence-electron chi connectivity index (χ2n) is 4.30. The van der Waals surface area contributed by atoms with E-state index in [1.165, 1.54) is 17.5 Å². The minimum atomic E-state index is 0.488. The molecule has 2 aromatic rings. The highest BCUT2D eigenvalue weighted by atomic mass is 15.3.